The number of carbonyl (C=O) groups excluding carboxylic acids is 3. The Morgan fingerprint density at radius 1 is 1.29 bits per heavy atom. The highest BCUT2D eigenvalue weighted by Crippen LogP contribution is 2.40. The van der Waals surface area contributed by atoms with Crippen molar-refractivity contribution < 1.29 is 23.9 Å². The molecule has 0 saturated carbocycles. The average Bonchev–Trinajstić information content (AvgIpc) is 2.76. The number of esters is 2. The maximum atomic E-state index is 12.6. The van der Waals surface area contributed by atoms with Crippen LogP contribution < -0.4 is 5.32 Å². The number of benzene rings is 1. The van der Waals surface area contributed by atoms with Crippen molar-refractivity contribution in [2.75, 3.05) is 31.3 Å². The van der Waals surface area contributed by atoms with E-state index < -0.39 is 11.9 Å². The summed E-state index contributed by atoms with van der Waals surface area (Å²) in [6, 6.07) is 7.05. The van der Waals surface area contributed by atoms with Crippen LogP contribution in [0.4, 0.5) is 5.69 Å². The molecule has 1 fully saturated rings. The van der Waals surface area contributed by atoms with Crippen LogP contribution in [0.1, 0.15) is 44.7 Å². The molecule has 2 aliphatic heterocycles. The largest absolute Gasteiger partial charge is 0.466 e. The number of methoxy groups -OCH3 is 1. The molecule has 1 amide bonds. The summed E-state index contributed by atoms with van der Waals surface area (Å²) in [5.74, 6) is -0.0972. The average molecular weight is 446 g/mol. The van der Waals surface area contributed by atoms with Crippen LogP contribution in [0.15, 0.2) is 40.5 Å². The van der Waals surface area contributed by atoms with E-state index >= 15 is 0 Å². The molecule has 0 spiro atoms. The van der Waals surface area contributed by atoms with E-state index in [2.05, 4.69) is 15.2 Å². The number of aliphatic imine (C=N–C) groups is 1. The molecule has 2 heterocycles. The molecule has 0 aromatic heterocycles. The van der Waals surface area contributed by atoms with E-state index in [1.165, 1.54) is 7.11 Å². The molecule has 166 valence electrons. The van der Waals surface area contributed by atoms with Crippen LogP contribution in [0.25, 0.3) is 0 Å². The summed E-state index contributed by atoms with van der Waals surface area (Å²) in [5.41, 5.74) is 2.60. The van der Waals surface area contributed by atoms with Crippen LogP contribution >= 0.6 is 11.8 Å². The number of carbonyl (C=O) groups is 3. The third-order valence-electron chi connectivity index (χ3n) is 5.01. The highest BCUT2D eigenvalue weighted by Gasteiger charge is 2.37. The zero-order valence-electron chi connectivity index (χ0n) is 18.0. The van der Waals surface area contributed by atoms with E-state index in [9.17, 15) is 14.4 Å². The van der Waals surface area contributed by atoms with Crippen LogP contribution in [-0.4, -0.2) is 53.9 Å². The number of hydrogen-bond acceptors (Lipinski definition) is 8. The summed E-state index contributed by atoms with van der Waals surface area (Å²) in [4.78, 5) is 43.1. The van der Waals surface area contributed by atoms with E-state index in [4.69, 9.17) is 9.47 Å². The molecule has 1 aromatic rings. The van der Waals surface area contributed by atoms with Crippen molar-refractivity contribution in [2.45, 2.75) is 39.2 Å². The number of allylic oxidation sites excluding steroid dienone is 1. The number of amides is 1. The number of hydrogen-bond donors (Lipinski definition) is 1. The van der Waals surface area contributed by atoms with E-state index in [0.29, 0.717) is 23.6 Å². The molecular formula is C22H27N3O5S. The van der Waals surface area contributed by atoms with Gasteiger partial charge in [0.15, 0.2) is 5.17 Å². The number of anilines is 1. The van der Waals surface area contributed by atoms with Gasteiger partial charge in [0.2, 0.25) is 5.91 Å². The van der Waals surface area contributed by atoms with Gasteiger partial charge in [-0.05, 0) is 38.0 Å². The highest BCUT2D eigenvalue weighted by atomic mass is 32.2. The Hall–Kier alpha value is -2.81. The Labute approximate surface area is 186 Å². The SMILES string of the molecule is CCOC(=O)CCC(=O)Nc1cccc(C2C(C(=O)OC)=C(C)N=C3SCCCN32)c1. The van der Waals surface area contributed by atoms with E-state index in [-0.39, 0.29) is 24.8 Å². The zero-order valence-corrected chi connectivity index (χ0v) is 18.8. The van der Waals surface area contributed by atoms with Crippen molar-refractivity contribution in [3.63, 3.8) is 0 Å². The number of nitrogens with one attached hydrogen (secondary N) is 1. The molecular weight excluding hydrogens is 418 g/mol. The molecule has 1 atom stereocenters. The van der Waals surface area contributed by atoms with E-state index in [1.807, 2.05) is 25.1 Å². The molecule has 1 saturated heterocycles. The van der Waals surface area contributed by atoms with Crippen molar-refractivity contribution in [2.24, 2.45) is 4.99 Å². The second-order valence-electron chi connectivity index (χ2n) is 7.16. The van der Waals surface area contributed by atoms with Gasteiger partial charge in [-0.1, -0.05) is 23.9 Å². The first-order valence-corrected chi connectivity index (χ1v) is 11.3. The molecule has 8 nitrogen and oxygen atoms in total. The molecule has 31 heavy (non-hydrogen) atoms. The van der Waals surface area contributed by atoms with Crippen molar-refractivity contribution in [3.05, 3.63) is 41.1 Å². The lowest BCUT2D eigenvalue weighted by Crippen LogP contribution is -2.42. The first kappa shape index (κ1) is 22.9. The normalized spacial score (nSPS) is 18.1. The molecule has 1 unspecified atom stereocenters. The lowest BCUT2D eigenvalue weighted by molar-refractivity contribution is -0.144. The Balaban J connectivity index is 1.83. The number of rotatable bonds is 7. The summed E-state index contributed by atoms with van der Waals surface area (Å²) < 4.78 is 9.91. The number of nitrogens with zero attached hydrogens (tertiary/aromatic N) is 2. The van der Waals surface area contributed by atoms with Gasteiger partial charge in [-0.2, -0.15) is 0 Å². The van der Waals surface area contributed by atoms with Crippen molar-refractivity contribution >= 4 is 40.5 Å². The number of amidine groups is 1. The number of thioether (sulfide) groups is 1. The molecule has 0 radical (unpaired) electrons. The Kier molecular flexibility index (Phi) is 7.73. The summed E-state index contributed by atoms with van der Waals surface area (Å²) >= 11 is 1.67. The second kappa shape index (κ2) is 10.5. The fourth-order valence-electron chi connectivity index (χ4n) is 3.64. The molecule has 9 heteroatoms. The van der Waals surface area contributed by atoms with Gasteiger partial charge in [0.1, 0.15) is 0 Å². The van der Waals surface area contributed by atoms with Crippen LogP contribution in [0.2, 0.25) is 0 Å². The van der Waals surface area contributed by atoms with E-state index in [1.54, 1.807) is 24.8 Å². The van der Waals surface area contributed by atoms with Crippen LogP contribution in [-0.2, 0) is 23.9 Å². The second-order valence-corrected chi connectivity index (χ2v) is 8.22. The molecule has 1 N–H and O–H groups in total. The van der Waals surface area contributed by atoms with Gasteiger partial charge in [0.05, 0.1) is 37.4 Å². The van der Waals surface area contributed by atoms with Gasteiger partial charge < -0.3 is 19.7 Å². The minimum atomic E-state index is -0.412. The summed E-state index contributed by atoms with van der Waals surface area (Å²) in [6.07, 6.45) is 1.05. The monoisotopic (exact) mass is 445 g/mol. The van der Waals surface area contributed by atoms with Crippen molar-refractivity contribution in [1.82, 2.24) is 4.90 Å². The maximum absolute atomic E-state index is 12.6. The lowest BCUT2D eigenvalue weighted by atomic mass is 9.94. The number of fused-ring (bicyclic) bond motifs is 1. The van der Waals surface area contributed by atoms with Crippen LogP contribution in [0, 0.1) is 0 Å². The molecule has 0 bridgehead atoms. The highest BCUT2D eigenvalue weighted by molar-refractivity contribution is 8.13. The minimum Gasteiger partial charge on any atom is -0.466 e. The molecule has 1 aromatic carbocycles. The summed E-state index contributed by atoms with van der Waals surface area (Å²) in [5, 5.41) is 3.72. The number of ether oxygens (including phenoxy) is 2. The van der Waals surface area contributed by atoms with Gasteiger partial charge in [0.25, 0.3) is 0 Å². The van der Waals surface area contributed by atoms with Crippen LogP contribution in [0.3, 0.4) is 0 Å². The molecule has 2 aliphatic rings. The quantitative estimate of drug-likeness (QED) is 0.643. The first-order chi connectivity index (χ1) is 14.9. The summed E-state index contributed by atoms with van der Waals surface area (Å²) in [6.45, 7) is 4.62. The van der Waals surface area contributed by atoms with Crippen molar-refractivity contribution in [1.29, 1.82) is 0 Å². The van der Waals surface area contributed by atoms with Crippen molar-refractivity contribution in [3.8, 4) is 0 Å². The maximum Gasteiger partial charge on any atom is 0.338 e. The third-order valence-corrected chi connectivity index (χ3v) is 6.09. The van der Waals surface area contributed by atoms with Gasteiger partial charge in [-0.25, -0.2) is 9.79 Å². The Morgan fingerprint density at radius 2 is 2.10 bits per heavy atom. The molecule has 0 aliphatic carbocycles. The third kappa shape index (κ3) is 5.46. The van der Waals surface area contributed by atoms with Gasteiger partial charge in [0, 0.05) is 24.4 Å². The lowest BCUT2D eigenvalue weighted by Gasteiger charge is -2.40. The van der Waals surface area contributed by atoms with Gasteiger partial charge in [-0.15, -0.1) is 0 Å². The smallest absolute Gasteiger partial charge is 0.338 e. The minimum absolute atomic E-state index is 0.0290. The Morgan fingerprint density at radius 3 is 2.84 bits per heavy atom. The Bertz CT molecular complexity index is 927. The standard InChI is InChI=1S/C22H27N3O5S/c1-4-30-18(27)10-9-17(26)24-16-8-5-7-15(13-16)20-19(21(28)29-3)14(2)23-22-25(20)11-6-12-31-22/h5,7-8,13,20H,4,6,9-12H2,1-3H3,(H,24,26). The predicted molar refractivity (Wildman–Crippen MR) is 120 cm³/mol. The fraction of sp³-hybridized carbons (Fsp3) is 0.455. The van der Waals surface area contributed by atoms with Crippen LogP contribution in [0.5, 0.6) is 0 Å². The zero-order chi connectivity index (χ0) is 22.4. The first-order valence-electron chi connectivity index (χ1n) is 10.3. The fourth-order valence-corrected chi connectivity index (χ4v) is 4.66. The van der Waals surface area contributed by atoms with Gasteiger partial charge in [-0.3, -0.25) is 9.59 Å². The molecule has 3 rings (SSSR count). The van der Waals surface area contributed by atoms with E-state index in [0.717, 1.165) is 29.4 Å². The predicted octanol–water partition coefficient (Wildman–Crippen LogP) is 3.27. The topological polar surface area (TPSA) is 97.3 Å². The van der Waals surface area contributed by atoms with Gasteiger partial charge >= 0.3 is 11.9 Å². The summed E-state index contributed by atoms with van der Waals surface area (Å²) in [7, 11) is 1.37.